The van der Waals surface area contributed by atoms with Crippen molar-refractivity contribution in [3.05, 3.63) is 60.4 Å². The molecule has 1 heterocycles. The van der Waals surface area contributed by atoms with Gasteiger partial charge in [-0.05, 0) is 41.6 Å². The van der Waals surface area contributed by atoms with Crippen molar-refractivity contribution in [3.8, 4) is 11.4 Å². The lowest BCUT2D eigenvalue weighted by atomic mass is 10.2. The Hall–Kier alpha value is -2.74. The summed E-state index contributed by atoms with van der Waals surface area (Å²) in [7, 11) is -3.88. The molecular weight excluding hydrogens is 304 g/mol. The van der Waals surface area contributed by atoms with Crippen LogP contribution in [0.5, 0.6) is 5.75 Å². The van der Waals surface area contributed by atoms with E-state index in [0.717, 1.165) is 5.56 Å². The predicted octanol–water partition coefficient (Wildman–Crippen LogP) is 1.74. The number of hydrogen-bond donors (Lipinski definition) is 0. The standard InChI is InChI=1S/C14H12N4O3S/c1-11-5-7-14(8-6-11)22(19,20)21-13-4-2-3-12(9-13)18-10-15-16-17-18/h2-10H,1H3. The van der Waals surface area contributed by atoms with Gasteiger partial charge in [-0.15, -0.1) is 5.10 Å². The van der Waals surface area contributed by atoms with E-state index in [0.29, 0.717) is 5.69 Å². The Labute approximate surface area is 127 Å². The van der Waals surface area contributed by atoms with Crippen LogP contribution in [0.4, 0.5) is 0 Å². The highest BCUT2D eigenvalue weighted by Gasteiger charge is 2.16. The smallest absolute Gasteiger partial charge is 0.339 e. The summed E-state index contributed by atoms with van der Waals surface area (Å²) < 4.78 is 31.0. The molecule has 0 saturated heterocycles. The number of aromatic nitrogens is 4. The third-order valence-electron chi connectivity index (χ3n) is 2.95. The quantitative estimate of drug-likeness (QED) is 0.681. The Morgan fingerprint density at radius 1 is 1.09 bits per heavy atom. The molecule has 0 aliphatic carbocycles. The summed E-state index contributed by atoms with van der Waals surface area (Å²) in [6.07, 6.45) is 1.41. The second kappa shape index (κ2) is 5.57. The second-order valence-corrected chi connectivity index (χ2v) is 6.15. The fourth-order valence-electron chi connectivity index (χ4n) is 1.84. The Morgan fingerprint density at radius 2 is 1.86 bits per heavy atom. The molecule has 0 spiro atoms. The van der Waals surface area contributed by atoms with Gasteiger partial charge in [-0.25, -0.2) is 4.68 Å². The number of nitrogens with zero attached hydrogens (tertiary/aromatic N) is 4. The van der Waals surface area contributed by atoms with Gasteiger partial charge in [-0.1, -0.05) is 23.8 Å². The zero-order valence-electron chi connectivity index (χ0n) is 11.6. The fourth-order valence-corrected chi connectivity index (χ4v) is 2.76. The molecular formula is C14H12N4O3S. The van der Waals surface area contributed by atoms with Gasteiger partial charge in [-0.2, -0.15) is 8.42 Å². The van der Waals surface area contributed by atoms with Gasteiger partial charge >= 0.3 is 10.1 Å². The first-order valence-electron chi connectivity index (χ1n) is 6.39. The highest BCUT2D eigenvalue weighted by Crippen LogP contribution is 2.21. The molecule has 8 heteroatoms. The third kappa shape index (κ3) is 2.96. The lowest BCUT2D eigenvalue weighted by Crippen LogP contribution is -2.10. The van der Waals surface area contributed by atoms with E-state index in [2.05, 4.69) is 15.5 Å². The fraction of sp³-hybridized carbons (Fsp3) is 0.0714. The van der Waals surface area contributed by atoms with Crippen LogP contribution >= 0.6 is 0 Å². The largest absolute Gasteiger partial charge is 0.379 e. The molecule has 0 radical (unpaired) electrons. The zero-order valence-corrected chi connectivity index (χ0v) is 12.4. The molecule has 0 saturated carbocycles. The third-order valence-corrected chi connectivity index (χ3v) is 4.21. The topological polar surface area (TPSA) is 87.0 Å². The van der Waals surface area contributed by atoms with Crippen LogP contribution in [-0.4, -0.2) is 28.6 Å². The van der Waals surface area contributed by atoms with Crippen molar-refractivity contribution in [2.24, 2.45) is 0 Å². The van der Waals surface area contributed by atoms with Gasteiger partial charge in [0.25, 0.3) is 0 Å². The molecule has 22 heavy (non-hydrogen) atoms. The molecule has 0 aliphatic rings. The van der Waals surface area contributed by atoms with Gasteiger partial charge in [0.1, 0.15) is 17.0 Å². The van der Waals surface area contributed by atoms with Crippen LogP contribution in [-0.2, 0) is 10.1 Å². The molecule has 0 aliphatic heterocycles. The van der Waals surface area contributed by atoms with Crippen LogP contribution in [0.15, 0.2) is 59.8 Å². The molecule has 0 N–H and O–H groups in total. The van der Waals surface area contributed by atoms with Crippen molar-refractivity contribution >= 4 is 10.1 Å². The monoisotopic (exact) mass is 316 g/mol. The lowest BCUT2D eigenvalue weighted by Gasteiger charge is -2.08. The Kier molecular flexibility index (Phi) is 3.60. The summed E-state index contributed by atoms with van der Waals surface area (Å²) >= 11 is 0. The summed E-state index contributed by atoms with van der Waals surface area (Å²) in [5.41, 5.74) is 1.57. The maximum absolute atomic E-state index is 12.2. The van der Waals surface area contributed by atoms with E-state index in [1.807, 2.05) is 6.92 Å². The summed E-state index contributed by atoms with van der Waals surface area (Å²) in [6.45, 7) is 1.88. The molecule has 0 bridgehead atoms. The molecule has 0 amide bonds. The van der Waals surface area contributed by atoms with E-state index >= 15 is 0 Å². The van der Waals surface area contributed by atoms with Crippen molar-refractivity contribution < 1.29 is 12.6 Å². The van der Waals surface area contributed by atoms with Crippen molar-refractivity contribution in [1.82, 2.24) is 20.2 Å². The first-order valence-corrected chi connectivity index (χ1v) is 7.80. The minimum Gasteiger partial charge on any atom is -0.379 e. The first-order chi connectivity index (χ1) is 10.5. The Morgan fingerprint density at radius 3 is 2.55 bits per heavy atom. The SMILES string of the molecule is Cc1ccc(S(=O)(=O)Oc2cccc(-n3cnnn3)c2)cc1. The van der Waals surface area contributed by atoms with Crippen molar-refractivity contribution in [2.45, 2.75) is 11.8 Å². The van der Waals surface area contributed by atoms with Gasteiger partial charge in [0.05, 0.1) is 5.69 Å². The molecule has 3 rings (SSSR count). The van der Waals surface area contributed by atoms with E-state index in [4.69, 9.17) is 4.18 Å². The molecule has 1 aromatic heterocycles. The van der Waals surface area contributed by atoms with E-state index in [1.54, 1.807) is 36.4 Å². The number of benzene rings is 2. The highest BCUT2D eigenvalue weighted by atomic mass is 32.2. The maximum Gasteiger partial charge on any atom is 0.339 e. The van der Waals surface area contributed by atoms with Gasteiger partial charge in [-0.3, -0.25) is 0 Å². The van der Waals surface area contributed by atoms with Crippen LogP contribution in [0.1, 0.15) is 5.56 Å². The Bertz CT molecular complexity index is 875. The van der Waals surface area contributed by atoms with Crippen LogP contribution in [0.3, 0.4) is 0 Å². The molecule has 3 aromatic rings. The summed E-state index contributed by atoms with van der Waals surface area (Å²) in [4.78, 5) is 0.103. The average Bonchev–Trinajstić information content (AvgIpc) is 3.02. The molecule has 0 unspecified atom stereocenters. The first kappa shape index (κ1) is 14.2. The van der Waals surface area contributed by atoms with Gasteiger partial charge in [0, 0.05) is 6.07 Å². The van der Waals surface area contributed by atoms with Crippen molar-refractivity contribution in [2.75, 3.05) is 0 Å². The Balaban J connectivity index is 1.89. The number of tetrazole rings is 1. The lowest BCUT2D eigenvalue weighted by molar-refractivity contribution is 0.486. The van der Waals surface area contributed by atoms with E-state index in [1.165, 1.54) is 23.1 Å². The van der Waals surface area contributed by atoms with Gasteiger partial charge < -0.3 is 4.18 Å². The molecule has 0 atom stereocenters. The number of rotatable bonds is 4. The number of aryl methyl sites for hydroxylation is 1. The van der Waals surface area contributed by atoms with E-state index < -0.39 is 10.1 Å². The summed E-state index contributed by atoms with van der Waals surface area (Å²) in [6, 6.07) is 13.0. The molecule has 7 nitrogen and oxygen atoms in total. The summed E-state index contributed by atoms with van der Waals surface area (Å²) in [5, 5.41) is 10.8. The normalized spacial score (nSPS) is 11.3. The predicted molar refractivity (Wildman–Crippen MR) is 78.1 cm³/mol. The highest BCUT2D eigenvalue weighted by molar-refractivity contribution is 7.87. The average molecular weight is 316 g/mol. The zero-order chi connectivity index (χ0) is 15.6. The molecule has 0 fully saturated rings. The second-order valence-electron chi connectivity index (χ2n) is 4.60. The minimum absolute atomic E-state index is 0.103. The maximum atomic E-state index is 12.2. The number of hydrogen-bond acceptors (Lipinski definition) is 6. The van der Waals surface area contributed by atoms with E-state index in [-0.39, 0.29) is 10.6 Å². The van der Waals surface area contributed by atoms with Crippen molar-refractivity contribution in [3.63, 3.8) is 0 Å². The molecule has 2 aromatic carbocycles. The van der Waals surface area contributed by atoms with Crippen LogP contribution in [0.2, 0.25) is 0 Å². The van der Waals surface area contributed by atoms with Crippen LogP contribution in [0, 0.1) is 6.92 Å². The minimum atomic E-state index is -3.88. The van der Waals surface area contributed by atoms with Crippen molar-refractivity contribution in [1.29, 1.82) is 0 Å². The van der Waals surface area contributed by atoms with E-state index in [9.17, 15) is 8.42 Å². The van der Waals surface area contributed by atoms with Crippen LogP contribution in [0.25, 0.3) is 5.69 Å². The van der Waals surface area contributed by atoms with Crippen LogP contribution < -0.4 is 4.18 Å². The molecule has 112 valence electrons. The van der Waals surface area contributed by atoms with Gasteiger partial charge in [0.2, 0.25) is 0 Å². The van der Waals surface area contributed by atoms with Gasteiger partial charge in [0.15, 0.2) is 0 Å². The summed E-state index contributed by atoms with van der Waals surface area (Å²) in [5.74, 6) is 0.188.